The highest BCUT2D eigenvalue weighted by Gasteiger charge is 2.12. The van der Waals surface area contributed by atoms with Crippen LogP contribution in [0.4, 0.5) is 0 Å². The summed E-state index contributed by atoms with van der Waals surface area (Å²) in [6, 6.07) is 0. The Bertz CT molecular complexity index is 620. The Kier molecular flexibility index (Phi) is 9.85. The first kappa shape index (κ1) is 22.2. The molecule has 0 N–H and O–H groups in total. The minimum Gasteiger partial charge on any atom is -0.379 e. The van der Waals surface area contributed by atoms with Gasteiger partial charge in [-0.1, -0.05) is 13.2 Å². The molecule has 23 heavy (non-hydrogen) atoms. The highest BCUT2D eigenvalue weighted by Crippen LogP contribution is 1.96. The Morgan fingerprint density at radius 1 is 0.609 bits per heavy atom. The van der Waals surface area contributed by atoms with Crippen molar-refractivity contribution in [1.82, 2.24) is 0 Å². The van der Waals surface area contributed by atoms with Gasteiger partial charge in [-0.3, -0.25) is 0 Å². The number of hydrogen-bond acceptors (Lipinski definition) is 8. The van der Waals surface area contributed by atoms with Gasteiger partial charge in [-0.05, 0) is 0 Å². The molecular formula is C12H22O8S3. The first-order valence-electron chi connectivity index (χ1n) is 6.60. The lowest BCUT2D eigenvalue weighted by Crippen LogP contribution is -2.21. The molecule has 0 rings (SSSR count). The molecule has 0 radical (unpaired) electrons. The summed E-state index contributed by atoms with van der Waals surface area (Å²) in [7, 11) is -10.1. The quantitative estimate of drug-likeness (QED) is 0.366. The lowest BCUT2D eigenvalue weighted by atomic mass is 10.8. The van der Waals surface area contributed by atoms with Crippen molar-refractivity contribution in [1.29, 1.82) is 0 Å². The average molecular weight is 391 g/mol. The van der Waals surface area contributed by atoms with Crippen molar-refractivity contribution in [2.75, 3.05) is 49.4 Å². The van der Waals surface area contributed by atoms with E-state index in [4.69, 9.17) is 9.47 Å². The average Bonchev–Trinajstić information content (AvgIpc) is 2.46. The standard InChI is InChI=1S/C12H22O8S3/c1-3-21(13,14)9-5-19-7-11-23(17,18)12-8-20-6-10-22(15,16)4-2/h3-4H,1-2,5-12H2. The summed E-state index contributed by atoms with van der Waals surface area (Å²) in [6.07, 6.45) is 0. The van der Waals surface area contributed by atoms with Crippen LogP contribution in [-0.2, 0) is 39.0 Å². The number of hydrogen-bond donors (Lipinski definition) is 0. The van der Waals surface area contributed by atoms with E-state index in [1.165, 1.54) is 0 Å². The van der Waals surface area contributed by atoms with Gasteiger partial charge in [-0.15, -0.1) is 0 Å². The molecule has 0 aromatic heterocycles. The van der Waals surface area contributed by atoms with E-state index in [0.717, 1.165) is 10.8 Å². The zero-order valence-corrected chi connectivity index (χ0v) is 15.2. The molecule has 0 aromatic rings. The maximum absolute atomic E-state index is 11.6. The molecule has 0 aliphatic heterocycles. The predicted octanol–water partition coefficient (Wildman–Crippen LogP) is -0.449. The number of sulfone groups is 3. The fraction of sp³-hybridized carbons (Fsp3) is 0.667. The summed E-state index contributed by atoms with van der Waals surface area (Å²) < 4.78 is 77.5. The molecule has 11 heteroatoms. The molecule has 0 unspecified atom stereocenters. The van der Waals surface area contributed by atoms with Gasteiger partial charge in [-0.25, -0.2) is 25.3 Å². The Labute approximate surface area is 137 Å². The molecule has 0 amide bonds. The Hall–Kier alpha value is -0.750. The third-order valence-corrected chi connectivity index (χ3v) is 6.67. The summed E-state index contributed by atoms with van der Waals surface area (Å²) in [5, 5.41) is 1.63. The van der Waals surface area contributed by atoms with E-state index in [2.05, 4.69) is 13.2 Å². The third-order valence-electron chi connectivity index (χ3n) is 2.61. The van der Waals surface area contributed by atoms with Crippen molar-refractivity contribution in [3.63, 3.8) is 0 Å². The van der Waals surface area contributed by atoms with Gasteiger partial charge < -0.3 is 9.47 Å². The zero-order chi connectivity index (χ0) is 18.0. The van der Waals surface area contributed by atoms with E-state index in [1.54, 1.807) is 0 Å². The summed E-state index contributed by atoms with van der Waals surface area (Å²) in [5.74, 6) is -1.04. The summed E-state index contributed by atoms with van der Waals surface area (Å²) in [5.41, 5.74) is 0. The van der Waals surface area contributed by atoms with Gasteiger partial charge in [0.05, 0.1) is 49.4 Å². The van der Waals surface area contributed by atoms with Crippen molar-refractivity contribution in [2.45, 2.75) is 0 Å². The van der Waals surface area contributed by atoms with E-state index in [9.17, 15) is 25.3 Å². The van der Waals surface area contributed by atoms with Crippen LogP contribution in [0.3, 0.4) is 0 Å². The first-order valence-corrected chi connectivity index (χ1v) is 11.8. The summed E-state index contributed by atoms with van der Waals surface area (Å²) in [6.45, 7) is 5.81. The molecule has 0 saturated carbocycles. The first-order chi connectivity index (χ1) is 10.5. The monoisotopic (exact) mass is 390 g/mol. The third kappa shape index (κ3) is 12.4. The smallest absolute Gasteiger partial charge is 0.173 e. The van der Waals surface area contributed by atoms with E-state index in [0.29, 0.717) is 0 Å². The Morgan fingerprint density at radius 3 is 1.22 bits per heavy atom. The van der Waals surface area contributed by atoms with Crippen LogP contribution in [0.1, 0.15) is 0 Å². The molecule has 0 aromatic carbocycles. The van der Waals surface area contributed by atoms with Gasteiger partial charge in [0.2, 0.25) is 0 Å². The van der Waals surface area contributed by atoms with E-state index in [-0.39, 0.29) is 49.4 Å². The largest absolute Gasteiger partial charge is 0.379 e. The predicted molar refractivity (Wildman–Crippen MR) is 88.3 cm³/mol. The van der Waals surface area contributed by atoms with Crippen molar-refractivity contribution in [2.24, 2.45) is 0 Å². The maximum atomic E-state index is 11.6. The maximum Gasteiger partial charge on any atom is 0.173 e. The molecule has 0 aliphatic rings. The zero-order valence-electron chi connectivity index (χ0n) is 12.7. The molecule has 0 aliphatic carbocycles. The van der Waals surface area contributed by atoms with E-state index in [1.807, 2.05) is 0 Å². The van der Waals surface area contributed by atoms with Gasteiger partial charge in [-0.2, -0.15) is 0 Å². The fourth-order valence-electron chi connectivity index (χ4n) is 1.19. The van der Waals surface area contributed by atoms with Crippen LogP contribution >= 0.6 is 0 Å². The molecule has 0 atom stereocenters. The van der Waals surface area contributed by atoms with Gasteiger partial charge in [0.15, 0.2) is 29.5 Å². The van der Waals surface area contributed by atoms with Gasteiger partial charge in [0.25, 0.3) is 0 Å². The van der Waals surface area contributed by atoms with Crippen LogP contribution in [0, 0.1) is 0 Å². The molecule has 0 bridgehead atoms. The van der Waals surface area contributed by atoms with Crippen LogP contribution in [-0.4, -0.2) is 74.7 Å². The van der Waals surface area contributed by atoms with E-state index < -0.39 is 29.5 Å². The molecule has 0 spiro atoms. The molecule has 0 saturated heterocycles. The lowest BCUT2D eigenvalue weighted by Gasteiger charge is -2.06. The highest BCUT2D eigenvalue weighted by atomic mass is 32.2. The topological polar surface area (TPSA) is 121 Å². The lowest BCUT2D eigenvalue weighted by molar-refractivity contribution is 0.161. The Balaban J connectivity index is 3.86. The van der Waals surface area contributed by atoms with Crippen molar-refractivity contribution in [3.8, 4) is 0 Å². The van der Waals surface area contributed by atoms with E-state index >= 15 is 0 Å². The molecule has 136 valence electrons. The van der Waals surface area contributed by atoms with Crippen molar-refractivity contribution >= 4 is 29.5 Å². The normalized spacial score (nSPS) is 12.9. The minimum atomic E-state index is -3.41. The molecule has 0 heterocycles. The second kappa shape index (κ2) is 10.2. The molecule has 8 nitrogen and oxygen atoms in total. The van der Waals surface area contributed by atoms with Gasteiger partial charge >= 0.3 is 0 Å². The molecule has 0 fully saturated rings. The second-order valence-electron chi connectivity index (χ2n) is 4.44. The second-order valence-corrected chi connectivity index (χ2v) is 10.9. The highest BCUT2D eigenvalue weighted by molar-refractivity contribution is 7.94. The SMILES string of the molecule is C=CS(=O)(=O)CCOCCS(=O)(=O)CCOCCS(=O)(=O)C=C. The fourth-order valence-corrected chi connectivity index (χ4v) is 3.18. The van der Waals surface area contributed by atoms with Crippen LogP contribution in [0.2, 0.25) is 0 Å². The van der Waals surface area contributed by atoms with Crippen molar-refractivity contribution < 1.29 is 34.7 Å². The number of ether oxygens (including phenoxy) is 2. The van der Waals surface area contributed by atoms with Crippen LogP contribution in [0.25, 0.3) is 0 Å². The van der Waals surface area contributed by atoms with Crippen LogP contribution in [0.5, 0.6) is 0 Å². The van der Waals surface area contributed by atoms with Gasteiger partial charge in [0, 0.05) is 10.8 Å². The van der Waals surface area contributed by atoms with Crippen molar-refractivity contribution in [3.05, 3.63) is 24.0 Å². The number of rotatable bonds is 14. The van der Waals surface area contributed by atoms with Gasteiger partial charge in [0.1, 0.15) is 0 Å². The minimum absolute atomic E-state index is 0.111. The summed E-state index contributed by atoms with van der Waals surface area (Å²) in [4.78, 5) is 0. The van der Waals surface area contributed by atoms with Crippen LogP contribution in [0.15, 0.2) is 24.0 Å². The molecular weight excluding hydrogens is 368 g/mol. The summed E-state index contributed by atoms with van der Waals surface area (Å²) >= 11 is 0. The van der Waals surface area contributed by atoms with Crippen LogP contribution < -0.4 is 0 Å². The Morgan fingerprint density at radius 2 is 0.913 bits per heavy atom.